The number of carbonyl (C=O) groups is 2. The van der Waals surface area contributed by atoms with E-state index in [1.807, 2.05) is 0 Å². The Bertz CT molecular complexity index is 370. The van der Waals surface area contributed by atoms with Crippen LogP contribution in [0.15, 0.2) is 0 Å². The molecule has 3 atom stereocenters. The molecule has 100 valence electrons. The lowest BCUT2D eigenvalue weighted by Gasteiger charge is -2.23. The minimum atomic E-state index is -0.228. The third-order valence-corrected chi connectivity index (χ3v) is 5.17. The van der Waals surface area contributed by atoms with Crippen LogP contribution in [0, 0.1) is 17.8 Å². The lowest BCUT2D eigenvalue weighted by molar-refractivity contribution is -0.139. The fraction of sp³-hybridized carbons (Fsp3) is 0.846. The van der Waals surface area contributed by atoms with Crippen molar-refractivity contribution in [2.75, 3.05) is 18.2 Å². The summed E-state index contributed by atoms with van der Waals surface area (Å²) in [5.74, 6) is 3.07. The van der Waals surface area contributed by atoms with Gasteiger partial charge in [0.05, 0.1) is 5.88 Å². The van der Waals surface area contributed by atoms with Gasteiger partial charge in [0, 0.05) is 18.2 Å². The van der Waals surface area contributed by atoms with E-state index in [4.69, 9.17) is 0 Å². The zero-order valence-corrected chi connectivity index (χ0v) is 11.5. The highest BCUT2D eigenvalue weighted by Gasteiger charge is 2.45. The Morgan fingerprint density at radius 1 is 1.39 bits per heavy atom. The molecule has 2 amide bonds. The monoisotopic (exact) mass is 268 g/mol. The van der Waals surface area contributed by atoms with Gasteiger partial charge in [-0.2, -0.15) is 0 Å². The number of amides is 2. The third kappa shape index (κ3) is 2.51. The van der Waals surface area contributed by atoms with Crippen LogP contribution in [0.5, 0.6) is 0 Å². The van der Waals surface area contributed by atoms with E-state index in [9.17, 15) is 9.59 Å². The minimum absolute atomic E-state index is 0.0496. The molecule has 1 heterocycles. The number of nitrogens with zero attached hydrogens (tertiary/aromatic N) is 1. The molecule has 3 rings (SSSR count). The predicted octanol–water partition coefficient (Wildman–Crippen LogP) is 1.07. The fourth-order valence-electron chi connectivity index (χ4n) is 2.44. The van der Waals surface area contributed by atoms with Crippen LogP contribution in [0.1, 0.15) is 26.2 Å². The molecule has 4 nitrogen and oxygen atoms in total. The Hall–Kier alpha value is -0.710. The Labute approximate surface area is 112 Å². The molecular formula is C13H20N2O2S. The van der Waals surface area contributed by atoms with Gasteiger partial charge >= 0.3 is 0 Å². The summed E-state index contributed by atoms with van der Waals surface area (Å²) in [6, 6.07) is -0.228. The zero-order chi connectivity index (χ0) is 12.7. The maximum atomic E-state index is 12.2. The second-order valence-corrected chi connectivity index (χ2v) is 6.83. The summed E-state index contributed by atoms with van der Waals surface area (Å²) in [5.41, 5.74) is 0. The van der Waals surface area contributed by atoms with Gasteiger partial charge in [-0.15, -0.1) is 11.8 Å². The topological polar surface area (TPSA) is 49.4 Å². The smallest absolute Gasteiger partial charge is 0.243 e. The quantitative estimate of drug-likeness (QED) is 0.830. The van der Waals surface area contributed by atoms with E-state index in [0.29, 0.717) is 17.7 Å². The maximum Gasteiger partial charge on any atom is 0.243 e. The Morgan fingerprint density at radius 2 is 2.11 bits per heavy atom. The molecule has 1 N–H and O–H groups in total. The molecule has 3 fully saturated rings. The van der Waals surface area contributed by atoms with E-state index in [-0.39, 0.29) is 23.8 Å². The first kappa shape index (κ1) is 12.3. The highest BCUT2D eigenvalue weighted by atomic mass is 32.2. The normalized spacial score (nSPS) is 34.5. The number of carbonyl (C=O) groups excluding carboxylic acids is 2. The van der Waals surface area contributed by atoms with Gasteiger partial charge in [0.15, 0.2) is 0 Å². The first-order chi connectivity index (χ1) is 8.66. The molecule has 5 heteroatoms. The van der Waals surface area contributed by atoms with Crippen LogP contribution in [0.4, 0.5) is 0 Å². The Morgan fingerprint density at radius 3 is 2.72 bits per heavy atom. The van der Waals surface area contributed by atoms with Crippen LogP contribution >= 0.6 is 11.8 Å². The number of nitrogens with one attached hydrogen (secondary N) is 1. The second-order valence-electron chi connectivity index (χ2n) is 5.83. The lowest BCUT2D eigenvalue weighted by atomic mass is 10.2. The SMILES string of the molecule is C[C@H]1C[C@@H]1C(=O)N1CSC[C@@H]1C(=O)NCC1CC1. The molecule has 0 radical (unpaired) electrons. The molecule has 1 aliphatic heterocycles. The summed E-state index contributed by atoms with van der Waals surface area (Å²) in [5, 5.41) is 3.00. The largest absolute Gasteiger partial charge is 0.354 e. The van der Waals surface area contributed by atoms with Crippen LogP contribution in [0.3, 0.4) is 0 Å². The standard InChI is InChI=1S/C13H20N2O2S/c1-8-4-10(8)13(17)15-7-18-6-11(15)12(16)14-5-9-2-3-9/h8-11H,2-7H2,1H3,(H,14,16)/t8-,10-,11+/m0/s1. The average Bonchev–Trinajstić information content (AvgIpc) is 3.25. The van der Waals surface area contributed by atoms with Gasteiger partial charge in [-0.25, -0.2) is 0 Å². The average molecular weight is 268 g/mol. The molecule has 1 saturated heterocycles. The first-order valence-corrected chi connectivity index (χ1v) is 7.98. The molecule has 2 saturated carbocycles. The number of hydrogen-bond acceptors (Lipinski definition) is 3. The van der Waals surface area contributed by atoms with Gasteiger partial charge in [0.2, 0.25) is 11.8 Å². The van der Waals surface area contributed by atoms with Gasteiger partial charge in [-0.05, 0) is 31.1 Å². The zero-order valence-electron chi connectivity index (χ0n) is 10.7. The Kier molecular flexibility index (Phi) is 3.26. The van der Waals surface area contributed by atoms with Gasteiger partial charge in [0.1, 0.15) is 6.04 Å². The van der Waals surface area contributed by atoms with Crippen molar-refractivity contribution in [1.29, 1.82) is 0 Å². The van der Waals surface area contributed by atoms with Crippen LogP contribution in [0.2, 0.25) is 0 Å². The number of hydrogen-bond donors (Lipinski definition) is 1. The van der Waals surface area contributed by atoms with Gasteiger partial charge < -0.3 is 10.2 Å². The molecule has 3 aliphatic rings. The molecule has 0 unspecified atom stereocenters. The van der Waals surface area contributed by atoms with Gasteiger partial charge in [-0.1, -0.05) is 6.92 Å². The molecule has 2 aliphatic carbocycles. The molecule has 0 aromatic heterocycles. The second kappa shape index (κ2) is 4.76. The molecule has 0 bridgehead atoms. The van der Waals surface area contributed by atoms with Crippen molar-refractivity contribution < 1.29 is 9.59 Å². The van der Waals surface area contributed by atoms with Gasteiger partial charge in [-0.3, -0.25) is 9.59 Å². The van der Waals surface area contributed by atoms with E-state index in [2.05, 4.69) is 12.2 Å². The van der Waals surface area contributed by atoms with Crippen LogP contribution in [-0.4, -0.2) is 40.9 Å². The van der Waals surface area contributed by atoms with Gasteiger partial charge in [0.25, 0.3) is 0 Å². The highest BCUT2D eigenvalue weighted by molar-refractivity contribution is 7.99. The Balaban J connectivity index is 1.55. The lowest BCUT2D eigenvalue weighted by Crippen LogP contribution is -2.48. The van der Waals surface area contributed by atoms with E-state index < -0.39 is 0 Å². The molecule has 18 heavy (non-hydrogen) atoms. The summed E-state index contributed by atoms with van der Waals surface area (Å²) in [4.78, 5) is 26.1. The summed E-state index contributed by atoms with van der Waals surface area (Å²) in [6.45, 7) is 2.90. The van der Waals surface area contributed by atoms with Crippen molar-refractivity contribution in [3.05, 3.63) is 0 Å². The number of rotatable bonds is 4. The minimum Gasteiger partial charge on any atom is -0.354 e. The summed E-state index contributed by atoms with van der Waals surface area (Å²) in [6.07, 6.45) is 3.47. The van der Waals surface area contributed by atoms with Crippen molar-refractivity contribution in [1.82, 2.24) is 10.2 Å². The van der Waals surface area contributed by atoms with Crippen molar-refractivity contribution in [3.8, 4) is 0 Å². The summed E-state index contributed by atoms with van der Waals surface area (Å²) in [7, 11) is 0. The fourth-order valence-corrected chi connectivity index (χ4v) is 3.60. The molecule has 0 aromatic rings. The van der Waals surface area contributed by atoms with E-state index in [0.717, 1.165) is 18.7 Å². The van der Waals surface area contributed by atoms with E-state index >= 15 is 0 Å². The van der Waals surface area contributed by atoms with Crippen LogP contribution in [0.25, 0.3) is 0 Å². The molecule has 0 aromatic carbocycles. The van der Waals surface area contributed by atoms with Crippen molar-refractivity contribution in [2.45, 2.75) is 32.2 Å². The first-order valence-electron chi connectivity index (χ1n) is 6.82. The van der Waals surface area contributed by atoms with Crippen molar-refractivity contribution in [3.63, 3.8) is 0 Å². The summed E-state index contributed by atoms with van der Waals surface area (Å²) < 4.78 is 0. The molecular weight excluding hydrogens is 248 g/mol. The number of thioether (sulfide) groups is 1. The van der Waals surface area contributed by atoms with Crippen LogP contribution < -0.4 is 5.32 Å². The molecule has 0 spiro atoms. The maximum absolute atomic E-state index is 12.2. The van der Waals surface area contributed by atoms with Crippen molar-refractivity contribution in [2.24, 2.45) is 17.8 Å². The van der Waals surface area contributed by atoms with E-state index in [1.54, 1.807) is 16.7 Å². The van der Waals surface area contributed by atoms with Crippen LogP contribution in [-0.2, 0) is 9.59 Å². The predicted molar refractivity (Wildman–Crippen MR) is 71.0 cm³/mol. The summed E-state index contributed by atoms with van der Waals surface area (Å²) >= 11 is 1.69. The third-order valence-electron chi connectivity index (χ3n) is 4.16. The highest BCUT2D eigenvalue weighted by Crippen LogP contribution is 2.40. The van der Waals surface area contributed by atoms with E-state index in [1.165, 1.54) is 12.8 Å². The van der Waals surface area contributed by atoms with Crippen molar-refractivity contribution >= 4 is 23.6 Å².